The maximum absolute atomic E-state index is 5.87. The molecule has 1 aliphatic heterocycles. The van der Waals surface area contributed by atoms with Gasteiger partial charge in [-0.05, 0) is 37.8 Å². The van der Waals surface area contributed by atoms with E-state index in [9.17, 15) is 0 Å². The normalized spacial score (nSPS) is 20.8. The summed E-state index contributed by atoms with van der Waals surface area (Å²) in [4.78, 5) is 0. The van der Waals surface area contributed by atoms with Crippen LogP contribution in [0.25, 0.3) is 0 Å². The molecule has 0 aromatic heterocycles. The lowest BCUT2D eigenvalue weighted by Crippen LogP contribution is -2.26. The minimum absolute atomic E-state index is 0.0340. The van der Waals surface area contributed by atoms with E-state index in [2.05, 4.69) is 18.8 Å². The lowest BCUT2D eigenvalue weighted by molar-refractivity contribution is -0.176. The molecule has 0 saturated carbocycles. The maximum atomic E-state index is 5.87. The second-order valence-corrected chi connectivity index (χ2v) is 4.46. The number of rotatable bonds is 3. The van der Waals surface area contributed by atoms with E-state index in [1.54, 1.807) is 0 Å². The molecule has 0 spiro atoms. The highest BCUT2D eigenvalue weighted by Crippen LogP contribution is 2.16. The van der Waals surface area contributed by atoms with Crippen LogP contribution < -0.4 is 0 Å². The van der Waals surface area contributed by atoms with Gasteiger partial charge in [0.15, 0.2) is 6.29 Å². The van der Waals surface area contributed by atoms with E-state index in [-0.39, 0.29) is 12.4 Å². The molecule has 1 saturated heterocycles. The van der Waals surface area contributed by atoms with Gasteiger partial charge in [-0.3, -0.25) is 0 Å². The van der Waals surface area contributed by atoms with Crippen molar-refractivity contribution in [2.24, 2.45) is 0 Å². The van der Waals surface area contributed by atoms with Gasteiger partial charge < -0.3 is 9.47 Å². The van der Waals surface area contributed by atoms with Crippen molar-refractivity contribution in [1.82, 2.24) is 0 Å². The van der Waals surface area contributed by atoms with Gasteiger partial charge in [-0.1, -0.05) is 37.0 Å². The minimum atomic E-state index is -0.0613. The quantitative estimate of drug-likeness (QED) is 0.759. The molecule has 2 heteroatoms. The van der Waals surface area contributed by atoms with Crippen LogP contribution in [0.15, 0.2) is 30.3 Å². The summed E-state index contributed by atoms with van der Waals surface area (Å²) in [5.74, 6) is 6.34. The van der Waals surface area contributed by atoms with Gasteiger partial charge in [0.25, 0.3) is 0 Å². The Morgan fingerprint density at radius 1 is 1.33 bits per heavy atom. The van der Waals surface area contributed by atoms with E-state index >= 15 is 0 Å². The fraction of sp³-hybridized carbons (Fsp3) is 0.500. The van der Waals surface area contributed by atoms with Gasteiger partial charge >= 0.3 is 0 Å². The van der Waals surface area contributed by atoms with Gasteiger partial charge in [-0.25, -0.2) is 0 Å². The van der Waals surface area contributed by atoms with Crippen molar-refractivity contribution in [2.75, 3.05) is 6.61 Å². The van der Waals surface area contributed by atoms with Gasteiger partial charge in [0.1, 0.15) is 6.10 Å². The zero-order valence-electron chi connectivity index (χ0n) is 10.9. The monoisotopic (exact) mass is 244 g/mol. The van der Waals surface area contributed by atoms with Crippen LogP contribution in [-0.2, 0) is 9.47 Å². The van der Waals surface area contributed by atoms with Crippen molar-refractivity contribution in [1.29, 1.82) is 0 Å². The van der Waals surface area contributed by atoms with Gasteiger partial charge in [-0.15, -0.1) is 0 Å². The summed E-state index contributed by atoms with van der Waals surface area (Å²) in [5, 5.41) is 0. The van der Waals surface area contributed by atoms with E-state index < -0.39 is 0 Å². The first-order chi connectivity index (χ1) is 8.88. The van der Waals surface area contributed by atoms with Crippen molar-refractivity contribution in [3.63, 3.8) is 0 Å². The van der Waals surface area contributed by atoms with Crippen LogP contribution in [0.3, 0.4) is 0 Å². The average molecular weight is 244 g/mol. The topological polar surface area (TPSA) is 18.5 Å². The molecule has 2 unspecified atom stereocenters. The molecule has 96 valence electrons. The van der Waals surface area contributed by atoms with Crippen LogP contribution in [0.5, 0.6) is 0 Å². The molecule has 18 heavy (non-hydrogen) atoms. The first-order valence-corrected chi connectivity index (χ1v) is 6.72. The maximum Gasteiger partial charge on any atom is 0.159 e. The molecule has 1 aromatic rings. The molecule has 1 fully saturated rings. The molecule has 2 atom stereocenters. The molecule has 0 aliphatic carbocycles. The largest absolute Gasteiger partial charge is 0.353 e. The van der Waals surface area contributed by atoms with Gasteiger partial charge in [0, 0.05) is 12.2 Å². The third-order valence-corrected chi connectivity index (χ3v) is 2.98. The number of ether oxygens (including phenoxy) is 2. The molecule has 1 heterocycles. The van der Waals surface area contributed by atoms with Crippen LogP contribution in [0, 0.1) is 11.8 Å². The molecule has 1 aromatic carbocycles. The molecule has 1 aliphatic rings. The molecule has 2 rings (SSSR count). The van der Waals surface area contributed by atoms with E-state index in [0.29, 0.717) is 0 Å². The Labute approximate surface area is 109 Å². The van der Waals surface area contributed by atoms with Gasteiger partial charge in [-0.2, -0.15) is 0 Å². The van der Waals surface area contributed by atoms with Crippen LogP contribution in [0.2, 0.25) is 0 Å². The highest BCUT2D eigenvalue weighted by atomic mass is 16.7. The summed E-state index contributed by atoms with van der Waals surface area (Å²) in [5.41, 5.74) is 1.03. The Morgan fingerprint density at radius 3 is 2.83 bits per heavy atom. The third-order valence-electron chi connectivity index (χ3n) is 2.98. The van der Waals surface area contributed by atoms with Crippen LogP contribution in [0.1, 0.15) is 38.2 Å². The van der Waals surface area contributed by atoms with E-state index in [4.69, 9.17) is 9.47 Å². The Bertz CT molecular complexity index is 396. The highest BCUT2D eigenvalue weighted by molar-refractivity contribution is 5.34. The lowest BCUT2D eigenvalue weighted by Gasteiger charge is -2.25. The summed E-state index contributed by atoms with van der Waals surface area (Å²) in [6.07, 6.45) is 4.12. The number of hydrogen-bond acceptors (Lipinski definition) is 2. The highest BCUT2D eigenvalue weighted by Gasteiger charge is 2.17. The van der Waals surface area contributed by atoms with Crippen molar-refractivity contribution >= 4 is 0 Å². The second kappa shape index (κ2) is 7.20. The smallest absolute Gasteiger partial charge is 0.159 e. The van der Waals surface area contributed by atoms with E-state index in [0.717, 1.165) is 31.4 Å². The van der Waals surface area contributed by atoms with Crippen molar-refractivity contribution in [3.05, 3.63) is 35.9 Å². The number of hydrogen-bond donors (Lipinski definition) is 0. The first-order valence-electron chi connectivity index (χ1n) is 6.72. The van der Waals surface area contributed by atoms with Crippen LogP contribution in [-0.4, -0.2) is 19.0 Å². The Hall–Kier alpha value is -1.30. The SMILES string of the molecule is CCC(C#Cc1ccccc1)OC1CCCCO1. The standard InChI is InChI=1S/C16H20O2/c1-2-15(18-16-10-6-7-13-17-16)12-11-14-8-4-3-5-9-14/h3-5,8-9,15-16H,2,6-7,10,13H2,1H3. The summed E-state index contributed by atoms with van der Waals surface area (Å²) in [6, 6.07) is 10.0. The molecule has 0 bridgehead atoms. The van der Waals surface area contributed by atoms with E-state index in [1.165, 1.54) is 6.42 Å². The molecule has 0 amide bonds. The first kappa shape index (κ1) is 13.1. The summed E-state index contributed by atoms with van der Waals surface area (Å²) in [7, 11) is 0. The molecule has 0 N–H and O–H groups in total. The Balaban J connectivity index is 1.91. The molecular weight excluding hydrogens is 224 g/mol. The van der Waals surface area contributed by atoms with Crippen molar-refractivity contribution < 1.29 is 9.47 Å². The average Bonchev–Trinajstić information content (AvgIpc) is 2.45. The summed E-state index contributed by atoms with van der Waals surface area (Å²) >= 11 is 0. The van der Waals surface area contributed by atoms with Crippen LogP contribution >= 0.6 is 0 Å². The van der Waals surface area contributed by atoms with E-state index in [1.807, 2.05) is 30.3 Å². The zero-order valence-corrected chi connectivity index (χ0v) is 10.9. The lowest BCUT2D eigenvalue weighted by atomic mass is 10.2. The summed E-state index contributed by atoms with van der Waals surface area (Å²) < 4.78 is 11.4. The fourth-order valence-corrected chi connectivity index (χ4v) is 1.92. The Kier molecular flexibility index (Phi) is 5.26. The predicted molar refractivity (Wildman–Crippen MR) is 72.1 cm³/mol. The molecular formula is C16H20O2. The van der Waals surface area contributed by atoms with Crippen molar-refractivity contribution in [2.45, 2.75) is 45.0 Å². The van der Waals surface area contributed by atoms with Crippen LogP contribution in [0.4, 0.5) is 0 Å². The fourth-order valence-electron chi connectivity index (χ4n) is 1.92. The van der Waals surface area contributed by atoms with Gasteiger partial charge in [0.05, 0.1) is 0 Å². The van der Waals surface area contributed by atoms with Gasteiger partial charge in [0.2, 0.25) is 0 Å². The second-order valence-electron chi connectivity index (χ2n) is 4.46. The zero-order chi connectivity index (χ0) is 12.6. The van der Waals surface area contributed by atoms with Crippen molar-refractivity contribution in [3.8, 4) is 11.8 Å². The Morgan fingerprint density at radius 2 is 2.17 bits per heavy atom. The molecule has 0 radical (unpaired) electrons. The minimum Gasteiger partial charge on any atom is -0.353 e. The summed E-state index contributed by atoms with van der Waals surface area (Å²) in [6.45, 7) is 2.90. The molecule has 2 nitrogen and oxygen atoms in total. The predicted octanol–water partition coefficient (Wildman–Crippen LogP) is 3.36. The third kappa shape index (κ3) is 4.18. The number of benzene rings is 1.